The highest BCUT2D eigenvalue weighted by Gasteiger charge is 2.45. The fourth-order valence-corrected chi connectivity index (χ4v) is 5.31. The van der Waals surface area contributed by atoms with Crippen molar-refractivity contribution in [3.8, 4) is 0 Å². The Balaban J connectivity index is 1.55. The molecule has 3 aromatic rings. The molecule has 142 valence electrons. The van der Waals surface area contributed by atoms with Crippen LogP contribution in [0.4, 0.5) is 0 Å². The molecular weight excluding hydrogens is 348 g/mol. The fourth-order valence-electron chi connectivity index (χ4n) is 5.31. The third-order valence-electron chi connectivity index (χ3n) is 6.62. The van der Waals surface area contributed by atoms with Crippen LogP contribution in [0.15, 0.2) is 65.6 Å². The molecule has 4 heteroatoms. The van der Waals surface area contributed by atoms with E-state index in [1.165, 1.54) is 24.8 Å². The van der Waals surface area contributed by atoms with E-state index in [1.807, 2.05) is 24.3 Å². The third-order valence-corrected chi connectivity index (χ3v) is 6.62. The van der Waals surface area contributed by atoms with Crippen LogP contribution < -0.4 is 5.56 Å². The highest BCUT2D eigenvalue weighted by atomic mass is 16.2. The quantitative estimate of drug-likeness (QED) is 0.728. The molecule has 3 atom stereocenters. The molecule has 1 saturated carbocycles. The van der Waals surface area contributed by atoms with E-state index in [1.54, 1.807) is 12.3 Å². The molecular formula is C24H24N2O2. The molecule has 2 heterocycles. The summed E-state index contributed by atoms with van der Waals surface area (Å²) in [6.45, 7) is 0.756. The number of hydrogen-bond acceptors (Lipinski definition) is 2. The Labute approximate surface area is 164 Å². The average Bonchev–Trinajstić information content (AvgIpc) is 3.14. The summed E-state index contributed by atoms with van der Waals surface area (Å²) in [6, 6.07) is 18.3. The lowest BCUT2D eigenvalue weighted by molar-refractivity contribution is 0.0691. The van der Waals surface area contributed by atoms with Crippen molar-refractivity contribution in [2.75, 3.05) is 6.54 Å². The second-order valence-corrected chi connectivity index (χ2v) is 8.07. The lowest BCUT2D eigenvalue weighted by Crippen LogP contribution is -2.39. The first-order valence-corrected chi connectivity index (χ1v) is 10.2. The summed E-state index contributed by atoms with van der Waals surface area (Å²) in [4.78, 5) is 30.6. The number of benzene rings is 2. The number of nitrogens with one attached hydrogen (secondary N) is 1. The number of nitrogens with zero attached hydrogens (tertiary/aromatic N) is 1. The molecule has 28 heavy (non-hydrogen) atoms. The summed E-state index contributed by atoms with van der Waals surface area (Å²) < 4.78 is 0. The summed E-state index contributed by atoms with van der Waals surface area (Å²) in [7, 11) is 0. The van der Waals surface area contributed by atoms with Gasteiger partial charge in [-0.15, -0.1) is 0 Å². The maximum absolute atomic E-state index is 13.6. The molecule has 0 spiro atoms. The third kappa shape index (κ3) is 2.75. The Bertz CT molecular complexity index is 1070. The molecule has 1 aromatic heterocycles. The van der Waals surface area contributed by atoms with Crippen LogP contribution in [0.2, 0.25) is 0 Å². The summed E-state index contributed by atoms with van der Waals surface area (Å²) in [5, 5.41) is 1.32. The molecule has 3 unspecified atom stereocenters. The van der Waals surface area contributed by atoms with Crippen molar-refractivity contribution in [2.24, 2.45) is 5.92 Å². The van der Waals surface area contributed by atoms with E-state index < -0.39 is 0 Å². The van der Waals surface area contributed by atoms with Gasteiger partial charge in [-0.3, -0.25) is 9.59 Å². The van der Waals surface area contributed by atoms with Crippen molar-refractivity contribution >= 4 is 16.7 Å². The van der Waals surface area contributed by atoms with Gasteiger partial charge < -0.3 is 9.88 Å². The molecule has 2 aliphatic rings. The molecule has 0 bridgehead atoms. The number of likely N-dealkylation sites (tertiary alicyclic amines) is 1. The van der Waals surface area contributed by atoms with Crippen LogP contribution in [0.25, 0.3) is 10.8 Å². The Morgan fingerprint density at radius 3 is 2.46 bits per heavy atom. The second-order valence-electron chi connectivity index (χ2n) is 8.07. The van der Waals surface area contributed by atoms with Crippen molar-refractivity contribution < 1.29 is 4.79 Å². The minimum Gasteiger partial charge on any atom is -0.335 e. The molecule has 1 aliphatic heterocycles. The van der Waals surface area contributed by atoms with Gasteiger partial charge in [-0.05, 0) is 30.4 Å². The van der Waals surface area contributed by atoms with Gasteiger partial charge in [0, 0.05) is 35.5 Å². The van der Waals surface area contributed by atoms with Crippen LogP contribution in [0, 0.1) is 5.92 Å². The lowest BCUT2D eigenvalue weighted by atomic mass is 9.77. The van der Waals surface area contributed by atoms with Crippen molar-refractivity contribution in [2.45, 2.75) is 37.6 Å². The van der Waals surface area contributed by atoms with E-state index in [2.05, 4.69) is 34.1 Å². The molecule has 1 aliphatic carbocycles. The SMILES string of the molecule is O=C(c1c[nH]c(=O)c2ccccc12)N1CC(c2ccccc2)C2CCCCC21. The van der Waals surface area contributed by atoms with E-state index in [-0.39, 0.29) is 17.5 Å². The number of aromatic amines is 1. The van der Waals surface area contributed by atoms with Crippen molar-refractivity contribution in [1.29, 1.82) is 0 Å². The Morgan fingerprint density at radius 1 is 0.929 bits per heavy atom. The minimum atomic E-state index is -0.147. The largest absolute Gasteiger partial charge is 0.335 e. The van der Waals surface area contributed by atoms with Gasteiger partial charge in [0.15, 0.2) is 0 Å². The Kier molecular flexibility index (Phi) is 4.27. The lowest BCUT2D eigenvalue weighted by Gasteiger charge is -2.32. The van der Waals surface area contributed by atoms with Gasteiger partial charge in [0.05, 0.1) is 5.56 Å². The monoisotopic (exact) mass is 372 g/mol. The predicted molar refractivity (Wildman–Crippen MR) is 111 cm³/mol. The number of rotatable bonds is 2. The topological polar surface area (TPSA) is 53.2 Å². The molecule has 2 aromatic carbocycles. The predicted octanol–water partition coefficient (Wildman–Crippen LogP) is 4.33. The molecule has 0 radical (unpaired) electrons. The second kappa shape index (κ2) is 6.93. The minimum absolute atomic E-state index is 0.0442. The molecule has 1 N–H and O–H groups in total. The van der Waals surface area contributed by atoms with Crippen LogP contribution in [-0.2, 0) is 0 Å². The van der Waals surface area contributed by atoms with Crippen LogP contribution in [0.3, 0.4) is 0 Å². The number of H-pyrrole nitrogens is 1. The standard InChI is InChI=1S/C24H24N2O2/c27-23-19-12-5-4-10-17(19)20(14-25-23)24(28)26-15-21(16-8-2-1-3-9-16)18-11-6-7-13-22(18)26/h1-5,8-10,12,14,18,21-22H,6-7,11,13,15H2,(H,25,27). The van der Waals surface area contributed by atoms with E-state index in [9.17, 15) is 9.59 Å². The summed E-state index contributed by atoms with van der Waals surface area (Å²) in [5.41, 5.74) is 1.79. The van der Waals surface area contributed by atoms with Gasteiger partial charge in [0.1, 0.15) is 0 Å². The first-order chi connectivity index (χ1) is 13.7. The maximum atomic E-state index is 13.6. The summed E-state index contributed by atoms with van der Waals surface area (Å²) in [6.07, 6.45) is 6.27. The zero-order valence-corrected chi connectivity index (χ0v) is 15.8. The zero-order chi connectivity index (χ0) is 19.1. The zero-order valence-electron chi connectivity index (χ0n) is 15.8. The first-order valence-electron chi connectivity index (χ1n) is 10.2. The Hall–Kier alpha value is -2.88. The van der Waals surface area contributed by atoms with E-state index >= 15 is 0 Å². The van der Waals surface area contributed by atoms with E-state index in [0.29, 0.717) is 22.8 Å². The number of carbonyl (C=O) groups excluding carboxylic acids is 1. The highest BCUT2D eigenvalue weighted by Crippen LogP contribution is 2.45. The van der Waals surface area contributed by atoms with Crippen LogP contribution in [-0.4, -0.2) is 28.4 Å². The van der Waals surface area contributed by atoms with Crippen LogP contribution in [0.5, 0.6) is 0 Å². The van der Waals surface area contributed by atoms with E-state index in [0.717, 1.165) is 18.4 Å². The molecule has 1 saturated heterocycles. The van der Waals surface area contributed by atoms with Gasteiger partial charge in [0.25, 0.3) is 11.5 Å². The van der Waals surface area contributed by atoms with Crippen molar-refractivity contribution in [3.05, 3.63) is 82.3 Å². The highest BCUT2D eigenvalue weighted by molar-refractivity contribution is 6.06. The van der Waals surface area contributed by atoms with Gasteiger partial charge in [-0.25, -0.2) is 0 Å². The normalized spacial score (nSPS) is 24.3. The average molecular weight is 372 g/mol. The van der Waals surface area contributed by atoms with Crippen molar-refractivity contribution in [1.82, 2.24) is 9.88 Å². The van der Waals surface area contributed by atoms with Crippen LogP contribution >= 0.6 is 0 Å². The van der Waals surface area contributed by atoms with Gasteiger partial charge in [-0.2, -0.15) is 0 Å². The maximum Gasteiger partial charge on any atom is 0.256 e. The Morgan fingerprint density at radius 2 is 1.64 bits per heavy atom. The summed E-state index contributed by atoms with van der Waals surface area (Å²) >= 11 is 0. The van der Waals surface area contributed by atoms with Crippen molar-refractivity contribution in [3.63, 3.8) is 0 Å². The van der Waals surface area contributed by atoms with Gasteiger partial charge in [-0.1, -0.05) is 61.4 Å². The van der Waals surface area contributed by atoms with Gasteiger partial charge in [0.2, 0.25) is 0 Å². The first kappa shape index (κ1) is 17.2. The number of pyridine rings is 1. The smallest absolute Gasteiger partial charge is 0.256 e. The number of carbonyl (C=O) groups is 1. The molecule has 5 rings (SSSR count). The van der Waals surface area contributed by atoms with E-state index in [4.69, 9.17) is 0 Å². The number of amides is 1. The molecule has 4 nitrogen and oxygen atoms in total. The summed E-state index contributed by atoms with van der Waals surface area (Å²) in [5.74, 6) is 0.960. The van der Waals surface area contributed by atoms with Crippen LogP contribution in [0.1, 0.15) is 47.5 Å². The van der Waals surface area contributed by atoms with Gasteiger partial charge >= 0.3 is 0 Å². The number of aromatic nitrogens is 1. The number of hydrogen-bond donors (Lipinski definition) is 1. The fraction of sp³-hybridized carbons (Fsp3) is 0.333. The number of fused-ring (bicyclic) bond motifs is 2. The molecule has 1 amide bonds. The molecule has 2 fully saturated rings.